The molecule has 10 nitrogen and oxygen atoms in total. The summed E-state index contributed by atoms with van der Waals surface area (Å²) in [5.74, 6) is -1.74. The molecule has 2 aliphatic rings. The van der Waals surface area contributed by atoms with E-state index in [4.69, 9.17) is 13.6 Å². The second-order valence-corrected chi connectivity index (χ2v) is 10.3. The summed E-state index contributed by atoms with van der Waals surface area (Å²) in [7, 11) is 1.43. The highest BCUT2D eigenvalue weighted by atomic mass is 19.1. The fourth-order valence-electron chi connectivity index (χ4n) is 5.56. The molecule has 1 unspecified atom stereocenters. The molecular weight excluding hydrogens is 521 g/mol. The van der Waals surface area contributed by atoms with E-state index < -0.39 is 28.6 Å². The molecule has 2 aromatic carbocycles. The van der Waals surface area contributed by atoms with Crippen molar-refractivity contribution >= 4 is 22.6 Å². The SMILES string of the molecule is COc1c(N2CCN(Cc3oc(=O)oc3-c3ccccc3)C(C)C2)c(F)cc2c(=O)c(C(=O)O)cn(C3CC3)c12. The summed E-state index contributed by atoms with van der Waals surface area (Å²) in [5, 5.41) is 9.55. The van der Waals surface area contributed by atoms with E-state index in [9.17, 15) is 19.5 Å². The van der Waals surface area contributed by atoms with Gasteiger partial charge < -0.3 is 28.1 Å². The number of pyridine rings is 1. The van der Waals surface area contributed by atoms with Gasteiger partial charge in [-0.25, -0.2) is 14.0 Å². The lowest BCUT2D eigenvalue weighted by atomic mass is 10.1. The smallest absolute Gasteiger partial charge is 0.492 e. The number of carboxylic acid groups (broad SMARTS) is 1. The number of aromatic carboxylic acids is 1. The van der Waals surface area contributed by atoms with Gasteiger partial charge >= 0.3 is 11.8 Å². The first-order valence-electron chi connectivity index (χ1n) is 13.1. The van der Waals surface area contributed by atoms with Crippen molar-refractivity contribution in [2.24, 2.45) is 0 Å². The van der Waals surface area contributed by atoms with Crippen molar-refractivity contribution < 1.29 is 27.9 Å². The van der Waals surface area contributed by atoms with Crippen molar-refractivity contribution in [1.82, 2.24) is 9.47 Å². The first-order chi connectivity index (χ1) is 19.3. The van der Waals surface area contributed by atoms with Crippen LogP contribution in [0.15, 0.2) is 61.0 Å². The number of carboxylic acids is 1. The highest BCUT2D eigenvalue weighted by molar-refractivity contribution is 5.97. The molecule has 1 atom stereocenters. The van der Waals surface area contributed by atoms with Gasteiger partial charge in [0.15, 0.2) is 23.1 Å². The molecule has 0 amide bonds. The number of hydrogen-bond donors (Lipinski definition) is 1. The summed E-state index contributed by atoms with van der Waals surface area (Å²) in [6.07, 6.45) is 3.01. The lowest BCUT2D eigenvalue weighted by Crippen LogP contribution is -2.51. The molecule has 11 heteroatoms. The molecule has 0 radical (unpaired) electrons. The topological polar surface area (TPSA) is 118 Å². The van der Waals surface area contributed by atoms with Gasteiger partial charge in [-0.2, -0.15) is 0 Å². The average molecular weight is 550 g/mol. The summed E-state index contributed by atoms with van der Waals surface area (Å²) in [4.78, 5) is 40.7. The molecule has 0 spiro atoms. The maximum atomic E-state index is 15.7. The number of hydrogen-bond acceptors (Lipinski definition) is 8. The minimum Gasteiger partial charge on any atom is -0.492 e. The third-order valence-corrected chi connectivity index (χ3v) is 7.68. The molecule has 1 saturated heterocycles. The number of ether oxygens (including phenoxy) is 1. The van der Waals surface area contributed by atoms with Gasteiger partial charge in [-0.05, 0) is 25.8 Å². The van der Waals surface area contributed by atoms with Crippen LogP contribution in [0.25, 0.3) is 22.2 Å². The largest absolute Gasteiger partial charge is 0.519 e. The fourth-order valence-corrected chi connectivity index (χ4v) is 5.56. The maximum Gasteiger partial charge on any atom is 0.519 e. The van der Waals surface area contributed by atoms with Crippen molar-refractivity contribution in [3.8, 4) is 17.1 Å². The minimum absolute atomic E-state index is 0.0139. The van der Waals surface area contributed by atoms with Crippen LogP contribution in [0.1, 0.15) is 41.9 Å². The fraction of sp³-hybridized carbons (Fsp3) is 0.345. The number of fused-ring (bicyclic) bond motifs is 1. The van der Waals surface area contributed by atoms with Gasteiger partial charge in [0.2, 0.25) is 5.43 Å². The van der Waals surface area contributed by atoms with Gasteiger partial charge in [0.05, 0.1) is 24.6 Å². The normalized spacial score (nSPS) is 17.9. The van der Waals surface area contributed by atoms with Gasteiger partial charge in [-0.3, -0.25) is 9.69 Å². The number of rotatable bonds is 7. The van der Waals surface area contributed by atoms with Crippen molar-refractivity contribution in [2.45, 2.75) is 38.4 Å². The number of aromatic nitrogens is 1. The highest BCUT2D eigenvalue weighted by Crippen LogP contribution is 2.44. The second-order valence-electron chi connectivity index (χ2n) is 10.3. The minimum atomic E-state index is -1.35. The number of methoxy groups -OCH3 is 1. The predicted octanol–water partition coefficient (Wildman–Crippen LogP) is 4.11. The van der Waals surface area contributed by atoms with Crippen LogP contribution < -0.4 is 20.9 Å². The van der Waals surface area contributed by atoms with Crippen LogP contribution in [0.3, 0.4) is 0 Å². The number of piperazine rings is 1. The second kappa shape index (κ2) is 9.98. The number of benzene rings is 2. The number of carbonyl (C=O) groups is 1. The Labute approximate surface area is 227 Å². The zero-order valence-electron chi connectivity index (χ0n) is 22.1. The zero-order valence-corrected chi connectivity index (χ0v) is 22.1. The molecule has 4 aromatic rings. The number of anilines is 1. The Balaban J connectivity index is 1.33. The van der Waals surface area contributed by atoms with Crippen molar-refractivity contribution in [2.75, 3.05) is 31.6 Å². The summed E-state index contributed by atoms with van der Waals surface area (Å²) in [6, 6.07) is 10.3. The number of halogens is 1. The van der Waals surface area contributed by atoms with E-state index >= 15 is 4.39 Å². The van der Waals surface area contributed by atoms with E-state index in [-0.39, 0.29) is 28.9 Å². The lowest BCUT2D eigenvalue weighted by Gasteiger charge is -2.41. The van der Waals surface area contributed by atoms with E-state index in [1.54, 1.807) is 4.57 Å². The molecule has 2 fully saturated rings. The summed E-state index contributed by atoms with van der Waals surface area (Å²) >= 11 is 0. The van der Waals surface area contributed by atoms with E-state index in [1.807, 2.05) is 42.2 Å². The molecule has 0 bridgehead atoms. The van der Waals surface area contributed by atoms with Crippen LogP contribution in [0.4, 0.5) is 10.1 Å². The Hall–Kier alpha value is -4.38. The Kier molecular flexibility index (Phi) is 6.46. The number of nitrogens with zero attached hydrogens (tertiary/aromatic N) is 3. The molecule has 208 valence electrons. The molecule has 1 saturated carbocycles. The van der Waals surface area contributed by atoms with E-state index in [0.29, 0.717) is 43.2 Å². The van der Waals surface area contributed by atoms with Gasteiger partial charge in [0.25, 0.3) is 0 Å². The summed E-state index contributed by atoms with van der Waals surface area (Å²) in [6.45, 7) is 3.73. The maximum absolute atomic E-state index is 15.7. The van der Waals surface area contributed by atoms with Crippen LogP contribution in [-0.4, -0.2) is 53.3 Å². The van der Waals surface area contributed by atoms with Gasteiger partial charge in [-0.15, -0.1) is 0 Å². The quantitative estimate of drug-likeness (QED) is 0.363. The molecular formula is C29H28FN3O7. The van der Waals surface area contributed by atoms with Crippen molar-refractivity contribution in [3.05, 3.63) is 80.6 Å². The van der Waals surface area contributed by atoms with Gasteiger partial charge in [-0.1, -0.05) is 30.3 Å². The highest BCUT2D eigenvalue weighted by Gasteiger charge is 2.34. The molecule has 2 aromatic heterocycles. The van der Waals surface area contributed by atoms with Crippen molar-refractivity contribution in [3.63, 3.8) is 0 Å². The van der Waals surface area contributed by atoms with Crippen LogP contribution in [0.5, 0.6) is 5.75 Å². The third kappa shape index (κ3) is 4.45. The van der Waals surface area contributed by atoms with Gasteiger partial charge in [0, 0.05) is 43.5 Å². The Morgan fingerprint density at radius 2 is 1.90 bits per heavy atom. The van der Waals surface area contributed by atoms with Crippen molar-refractivity contribution in [1.29, 1.82) is 0 Å². The first kappa shape index (κ1) is 25.9. The third-order valence-electron chi connectivity index (χ3n) is 7.68. The molecule has 1 aliphatic heterocycles. The molecule has 1 aliphatic carbocycles. The standard InChI is InChI=1S/C29H28FN3O7/c1-16-13-32(11-10-31(16)15-22-26(40-29(37)39-22)17-6-4-3-5-7-17)24-21(30)12-19-23(27(24)38-2)33(18-8-9-18)14-20(25(19)34)28(35)36/h3-7,12,14,16,18H,8-11,13,15H2,1-2H3,(H,35,36). The molecule has 40 heavy (non-hydrogen) atoms. The van der Waals surface area contributed by atoms with E-state index in [1.165, 1.54) is 13.3 Å². The molecule has 6 rings (SSSR count). The Morgan fingerprint density at radius 1 is 1.15 bits per heavy atom. The van der Waals surface area contributed by atoms with Gasteiger partial charge in [0.1, 0.15) is 11.3 Å². The zero-order chi connectivity index (χ0) is 28.1. The van der Waals surface area contributed by atoms with E-state index in [0.717, 1.165) is 24.5 Å². The monoisotopic (exact) mass is 549 g/mol. The van der Waals surface area contributed by atoms with Crippen LogP contribution in [0, 0.1) is 5.82 Å². The van der Waals surface area contributed by atoms with Crippen LogP contribution >= 0.6 is 0 Å². The average Bonchev–Trinajstić information content (AvgIpc) is 3.71. The lowest BCUT2D eigenvalue weighted by molar-refractivity contribution is 0.0694. The molecule has 3 heterocycles. The predicted molar refractivity (Wildman–Crippen MR) is 145 cm³/mol. The Bertz CT molecular complexity index is 1720. The van der Waals surface area contributed by atoms with Crippen LogP contribution in [0.2, 0.25) is 0 Å². The first-order valence-corrected chi connectivity index (χ1v) is 13.1. The summed E-state index contributed by atoms with van der Waals surface area (Å²) < 4.78 is 33.9. The summed E-state index contributed by atoms with van der Waals surface area (Å²) in [5.41, 5.74) is 0.247. The van der Waals surface area contributed by atoms with E-state index in [2.05, 4.69) is 4.90 Å². The Morgan fingerprint density at radius 3 is 2.55 bits per heavy atom. The molecule has 1 N–H and O–H groups in total. The van der Waals surface area contributed by atoms with Crippen LogP contribution in [-0.2, 0) is 6.54 Å².